The van der Waals surface area contributed by atoms with Crippen molar-refractivity contribution in [3.8, 4) is 17.3 Å². The summed E-state index contributed by atoms with van der Waals surface area (Å²) in [6, 6.07) is 8.20. The van der Waals surface area contributed by atoms with Crippen molar-refractivity contribution in [3.05, 3.63) is 41.6 Å². The molecule has 4 aromatic rings. The van der Waals surface area contributed by atoms with E-state index in [0.717, 1.165) is 60.2 Å². The second-order valence-electron chi connectivity index (χ2n) is 15.0. The maximum absolute atomic E-state index is 14.1. The lowest BCUT2D eigenvalue weighted by Gasteiger charge is -2.64. The Balaban J connectivity index is 1.08. The fraction of sp³-hybridized carbons (Fsp3) is 0.556. The van der Waals surface area contributed by atoms with Crippen molar-refractivity contribution >= 4 is 33.9 Å². The van der Waals surface area contributed by atoms with Crippen molar-refractivity contribution in [2.45, 2.75) is 88.6 Å². The minimum Gasteiger partial charge on any atom is -0.494 e. The van der Waals surface area contributed by atoms with Crippen LogP contribution in [0.1, 0.15) is 83.1 Å². The lowest BCUT2D eigenvalue weighted by atomic mass is 9.42. The van der Waals surface area contributed by atoms with Crippen molar-refractivity contribution in [3.63, 3.8) is 0 Å². The first-order valence-electron chi connectivity index (χ1n) is 17.9. The average molecular weight is 642 g/mol. The summed E-state index contributed by atoms with van der Waals surface area (Å²) in [5, 5.41) is 4.04. The first-order valence-corrected chi connectivity index (χ1v) is 16.9. The first kappa shape index (κ1) is 27.0. The van der Waals surface area contributed by atoms with E-state index in [1.807, 2.05) is 30.7 Å². The van der Waals surface area contributed by atoms with Crippen LogP contribution in [-0.2, 0) is 18.4 Å². The summed E-state index contributed by atoms with van der Waals surface area (Å²) < 4.78 is 41.7. The number of aromatic nitrogens is 4. The summed E-state index contributed by atoms with van der Waals surface area (Å²) in [7, 11) is 3.49. The number of nitrogens with two attached hydrogens (primary N) is 1. The molecule has 1 aliphatic heterocycles. The third-order valence-electron chi connectivity index (χ3n) is 11.6. The zero-order chi connectivity index (χ0) is 34.2. The zero-order valence-corrected chi connectivity index (χ0v) is 27.1. The van der Waals surface area contributed by atoms with Crippen LogP contribution in [0.4, 0.5) is 4.39 Å². The third kappa shape index (κ3) is 4.44. The molecule has 2 amide bonds. The number of alkyl halides is 1. The Morgan fingerprint density at radius 3 is 2.68 bits per heavy atom. The van der Waals surface area contributed by atoms with Gasteiger partial charge in [0.25, 0.3) is 5.91 Å². The standard InChI is InChI=1S/C36H42FN7O3/c1-19(39-34(46)35-16-36(37,17-35)18-35)26-9-7-22-12-28(44(31(22)40-26)14-20-4-5-20)32-41-27-11-23(13-29(47-3)30(27)42(32)2)33(45)43-15-25(38)21-6-8-24(43)10-21/h7,9,11-13,19-21,24-25H,4-6,8,10,14-18,38H2,1-3H3,(H,39,46)/t19-,21-,24+,25+,35?,36?/m1/s1/i15D2. The van der Waals surface area contributed by atoms with Crippen molar-refractivity contribution in [1.29, 1.82) is 0 Å². The van der Waals surface area contributed by atoms with E-state index in [2.05, 4.69) is 16.0 Å². The van der Waals surface area contributed by atoms with Crippen LogP contribution in [0, 0.1) is 17.3 Å². The van der Waals surface area contributed by atoms with Crippen LogP contribution in [0.5, 0.6) is 5.75 Å². The van der Waals surface area contributed by atoms with E-state index in [9.17, 15) is 14.0 Å². The molecule has 0 radical (unpaired) electrons. The summed E-state index contributed by atoms with van der Waals surface area (Å²) in [6.07, 6.45) is 5.51. The molecular weight excluding hydrogens is 597 g/mol. The van der Waals surface area contributed by atoms with E-state index < -0.39 is 29.5 Å². The molecule has 3 aromatic heterocycles. The fourth-order valence-corrected chi connectivity index (χ4v) is 8.75. The quantitative estimate of drug-likeness (QED) is 0.279. The molecule has 4 bridgehead atoms. The average Bonchev–Trinajstić information content (AvgIpc) is 3.49. The molecule has 10 nitrogen and oxygen atoms in total. The molecule has 1 saturated heterocycles. The number of aryl methyl sites for hydroxylation is 1. The number of pyridine rings is 1. The zero-order valence-electron chi connectivity index (χ0n) is 29.1. The molecule has 4 heterocycles. The van der Waals surface area contributed by atoms with Gasteiger partial charge >= 0.3 is 0 Å². The monoisotopic (exact) mass is 641 g/mol. The van der Waals surface area contributed by atoms with Gasteiger partial charge in [-0.25, -0.2) is 14.4 Å². The Hall–Kier alpha value is -3.99. The summed E-state index contributed by atoms with van der Waals surface area (Å²) in [4.78, 5) is 38.6. The van der Waals surface area contributed by atoms with E-state index in [0.29, 0.717) is 54.3 Å². The Kier molecular flexibility index (Phi) is 5.75. The molecule has 4 atom stereocenters. The SMILES string of the molecule is [2H]C1([2H])[C@H](N)[C@@H]2CC[C@@H](C2)N1C(=O)c1cc(OC)c2c(c1)nc(-c1cc3ccc([C@@H](C)NC(=O)C45CC(F)(C4)C5)nc3n1CC1CC1)n2C. The molecule has 10 rings (SSSR count). The van der Waals surface area contributed by atoms with Gasteiger partial charge in [0, 0.05) is 43.1 Å². The number of halogens is 1. The number of fused-ring (bicyclic) bond motifs is 4. The van der Waals surface area contributed by atoms with Crippen molar-refractivity contribution < 1.29 is 21.5 Å². The van der Waals surface area contributed by atoms with Gasteiger partial charge in [-0.15, -0.1) is 0 Å². The van der Waals surface area contributed by atoms with Crippen LogP contribution in [-0.4, -0.2) is 67.2 Å². The lowest BCUT2D eigenvalue weighted by Crippen LogP contribution is -2.70. The molecule has 0 unspecified atom stereocenters. The van der Waals surface area contributed by atoms with Crippen LogP contribution < -0.4 is 15.8 Å². The summed E-state index contributed by atoms with van der Waals surface area (Å²) in [6.45, 7) is 0.736. The maximum Gasteiger partial charge on any atom is 0.254 e. The number of piperidine rings is 1. The highest BCUT2D eigenvalue weighted by Crippen LogP contribution is 2.69. The predicted molar refractivity (Wildman–Crippen MR) is 176 cm³/mol. The number of rotatable bonds is 8. The van der Waals surface area contributed by atoms with Gasteiger partial charge < -0.3 is 29.8 Å². The number of ether oxygens (including phenoxy) is 1. The second-order valence-corrected chi connectivity index (χ2v) is 15.0. The highest BCUT2D eigenvalue weighted by atomic mass is 19.1. The first-order chi connectivity index (χ1) is 23.3. The highest BCUT2D eigenvalue weighted by molar-refractivity contribution is 6.00. The summed E-state index contributed by atoms with van der Waals surface area (Å²) in [5.41, 5.74) is 8.71. The van der Waals surface area contributed by atoms with E-state index in [-0.39, 0.29) is 23.9 Å². The van der Waals surface area contributed by atoms with E-state index >= 15 is 0 Å². The van der Waals surface area contributed by atoms with Gasteiger partial charge in [0.15, 0.2) is 5.82 Å². The summed E-state index contributed by atoms with van der Waals surface area (Å²) >= 11 is 0. The van der Waals surface area contributed by atoms with Crippen LogP contribution in [0.15, 0.2) is 30.3 Å². The van der Waals surface area contributed by atoms with Gasteiger partial charge in [0.1, 0.15) is 22.6 Å². The summed E-state index contributed by atoms with van der Waals surface area (Å²) in [5.74, 6) is 1.29. The van der Waals surface area contributed by atoms with Crippen LogP contribution in [0.2, 0.25) is 0 Å². The smallest absolute Gasteiger partial charge is 0.254 e. The number of hydrogen-bond donors (Lipinski definition) is 2. The normalized spacial score (nSPS) is 31.6. The molecule has 0 spiro atoms. The van der Waals surface area contributed by atoms with Gasteiger partial charge in [-0.05, 0) is 100 Å². The number of likely N-dealkylation sites (tertiary alicyclic amines) is 1. The molecular formula is C36H42FN7O3. The molecule has 5 aliphatic carbocycles. The minimum atomic E-state index is -1.96. The van der Waals surface area contributed by atoms with Crippen molar-refractivity contribution in [2.24, 2.45) is 30.0 Å². The number of benzene rings is 1. The molecule has 246 valence electrons. The molecule has 11 heteroatoms. The van der Waals surface area contributed by atoms with E-state index in [1.54, 1.807) is 19.2 Å². The molecule has 3 N–H and O–H groups in total. The van der Waals surface area contributed by atoms with Gasteiger partial charge in [-0.1, -0.05) is 0 Å². The number of hydrogen-bond acceptors (Lipinski definition) is 6. The molecule has 5 saturated carbocycles. The molecule has 6 aliphatic rings. The number of carbonyl (C=O) groups excluding carboxylic acids is 2. The predicted octanol–water partition coefficient (Wildman–Crippen LogP) is 5.03. The maximum atomic E-state index is 14.1. The van der Waals surface area contributed by atoms with Crippen molar-refractivity contribution in [1.82, 2.24) is 29.3 Å². The molecule has 47 heavy (non-hydrogen) atoms. The van der Waals surface area contributed by atoms with Gasteiger partial charge in [0.05, 0.1) is 38.2 Å². The molecule has 6 fully saturated rings. The number of imidazole rings is 1. The lowest BCUT2D eigenvalue weighted by molar-refractivity contribution is -0.214. The second kappa shape index (κ2) is 10.0. The Morgan fingerprint density at radius 1 is 1.17 bits per heavy atom. The largest absolute Gasteiger partial charge is 0.494 e. The Morgan fingerprint density at radius 2 is 1.96 bits per heavy atom. The van der Waals surface area contributed by atoms with E-state index in [4.69, 9.17) is 23.2 Å². The number of nitrogens with zero attached hydrogens (tertiary/aromatic N) is 5. The van der Waals surface area contributed by atoms with Crippen molar-refractivity contribution in [2.75, 3.05) is 13.6 Å². The van der Waals surface area contributed by atoms with Crippen LogP contribution >= 0.6 is 0 Å². The Labute approximate surface area is 275 Å². The van der Waals surface area contributed by atoms with Gasteiger partial charge in [0.2, 0.25) is 5.91 Å². The van der Waals surface area contributed by atoms with Crippen LogP contribution in [0.3, 0.4) is 0 Å². The third-order valence-corrected chi connectivity index (χ3v) is 11.6. The minimum absolute atomic E-state index is 0.0808. The molecule has 1 aromatic carbocycles. The fourth-order valence-electron chi connectivity index (χ4n) is 8.75. The van der Waals surface area contributed by atoms with E-state index in [1.165, 1.54) is 4.90 Å². The number of carbonyl (C=O) groups is 2. The number of amides is 2. The number of nitrogens with one attached hydrogen (secondary N) is 1. The Bertz CT molecular complexity index is 2050. The topological polar surface area (TPSA) is 120 Å². The van der Waals surface area contributed by atoms with Gasteiger partial charge in [-0.2, -0.15) is 0 Å². The van der Waals surface area contributed by atoms with Crippen LogP contribution in [0.25, 0.3) is 33.6 Å². The van der Waals surface area contributed by atoms with Gasteiger partial charge in [-0.3, -0.25) is 9.59 Å². The number of methoxy groups -OCH3 is 1. The highest BCUT2D eigenvalue weighted by Gasteiger charge is 2.72.